The number of rotatable bonds is 10. The third-order valence-electron chi connectivity index (χ3n) is 10.1. The van der Waals surface area contributed by atoms with Crippen molar-refractivity contribution in [3.63, 3.8) is 0 Å². The number of hydrogen-bond donors (Lipinski definition) is 5. The van der Waals surface area contributed by atoms with Gasteiger partial charge in [-0.25, -0.2) is 0 Å². The number of hydrogen-bond acceptors (Lipinski definition) is 6. The minimum absolute atomic E-state index is 0.00274. The van der Waals surface area contributed by atoms with Crippen LogP contribution < -0.4 is 26.6 Å². The maximum absolute atomic E-state index is 14.4. The van der Waals surface area contributed by atoms with Crippen molar-refractivity contribution in [2.75, 3.05) is 6.54 Å². The van der Waals surface area contributed by atoms with Crippen LogP contribution in [0.5, 0.6) is 0 Å². The minimum Gasteiger partial charge on any atom is -0.343 e. The molecule has 0 saturated carbocycles. The van der Waals surface area contributed by atoms with E-state index < -0.39 is 71.7 Å². The van der Waals surface area contributed by atoms with Crippen LogP contribution in [0.3, 0.4) is 0 Å². The number of fused-ring (bicyclic) bond motifs is 1. The van der Waals surface area contributed by atoms with Crippen LogP contribution in [0.15, 0.2) is 60.7 Å². The minimum atomic E-state index is -1.06. The molecule has 12 heteroatoms. The Balaban J connectivity index is 1.79. The van der Waals surface area contributed by atoms with Gasteiger partial charge in [0.15, 0.2) is 0 Å². The Kier molecular flexibility index (Phi) is 15.0. The molecule has 0 spiro atoms. The Morgan fingerprint density at radius 3 is 1.57 bits per heavy atom. The van der Waals surface area contributed by atoms with Crippen molar-refractivity contribution in [1.82, 2.24) is 31.5 Å². The number of carbonyl (C=O) groups is 6. The number of nitrogens with zero attached hydrogens (tertiary/aromatic N) is 1. The van der Waals surface area contributed by atoms with E-state index in [4.69, 9.17) is 0 Å². The van der Waals surface area contributed by atoms with Crippen molar-refractivity contribution in [1.29, 1.82) is 0 Å². The first-order valence-corrected chi connectivity index (χ1v) is 19.2. The lowest BCUT2D eigenvalue weighted by molar-refractivity contribution is -0.143. The number of carbonyl (C=O) groups excluding carboxylic acids is 6. The number of amides is 6. The quantitative estimate of drug-likeness (QED) is 0.252. The van der Waals surface area contributed by atoms with Crippen LogP contribution in [0, 0.1) is 17.8 Å². The fraction of sp³-hybridized carbons (Fsp3) is 0.561. The van der Waals surface area contributed by atoms with Crippen LogP contribution in [0.2, 0.25) is 0 Å². The van der Waals surface area contributed by atoms with E-state index in [1.54, 1.807) is 0 Å². The Labute approximate surface area is 314 Å². The zero-order valence-electron chi connectivity index (χ0n) is 32.0. The lowest BCUT2D eigenvalue weighted by Gasteiger charge is -2.33. The molecule has 0 aromatic heterocycles. The van der Waals surface area contributed by atoms with Gasteiger partial charge in [0, 0.05) is 19.4 Å². The van der Waals surface area contributed by atoms with Gasteiger partial charge in [-0.3, -0.25) is 28.8 Å². The SMILES string of the molecule is CCC(C)C1NC(=O)C(CC(C)C)NC(=O)C(Cc2ccccc2)NC(=O)C2CCCN2C(=O)C(Cc2ccccc2)NC(=O)C(CC(C)C)NC1=O. The predicted molar refractivity (Wildman–Crippen MR) is 203 cm³/mol. The van der Waals surface area contributed by atoms with E-state index in [1.165, 1.54) is 4.90 Å². The van der Waals surface area contributed by atoms with Gasteiger partial charge < -0.3 is 31.5 Å². The summed E-state index contributed by atoms with van der Waals surface area (Å²) < 4.78 is 0. The summed E-state index contributed by atoms with van der Waals surface area (Å²) in [4.78, 5) is 86.3. The highest BCUT2D eigenvalue weighted by atomic mass is 16.2. The molecule has 5 N–H and O–H groups in total. The smallest absolute Gasteiger partial charge is 0.246 e. The Hall–Kier alpha value is -4.74. The van der Waals surface area contributed by atoms with Gasteiger partial charge in [-0.2, -0.15) is 0 Å². The highest BCUT2D eigenvalue weighted by Gasteiger charge is 2.41. The molecule has 7 atom stereocenters. The highest BCUT2D eigenvalue weighted by molar-refractivity contribution is 5.98. The first kappa shape index (κ1) is 41.0. The average Bonchev–Trinajstić information content (AvgIpc) is 3.62. The fourth-order valence-corrected chi connectivity index (χ4v) is 7.05. The summed E-state index contributed by atoms with van der Waals surface area (Å²) in [6.07, 6.45) is 2.38. The van der Waals surface area contributed by atoms with Crippen LogP contribution in [0.4, 0.5) is 0 Å². The van der Waals surface area contributed by atoms with Gasteiger partial charge in [0.2, 0.25) is 35.4 Å². The van der Waals surface area contributed by atoms with E-state index in [1.807, 2.05) is 102 Å². The van der Waals surface area contributed by atoms with E-state index in [2.05, 4.69) is 26.6 Å². The molecule has 6 amide bonds. The van der Waals surface area contributed by atoms with Gasteiger partial charge in [-0.05, 0) is 54.6 Å². The summed E-state index contributed by atoms with van der Waals surface area (Å²) in [5.74, 6) is -3.32. The molecule has 7 unspecified atom stereocenters. The molecule has 0 radical (unpaired) electrons. The van der Waals surface area contributed by atoms with Crippen molar-refractivity contribution in [2.24, 2.45) is 17.8 Å². The lowest BCUT2D eigenvalue weighted by atomic mass is 9.95. The molecular formula is C41H58N6O6. The lowest BCUT2D eigenvalue weighted by Crippen LogP contribution is -2.62. The molecule has 2 aliphatic rings. The van der Waals surface area contributed by atoms with Crippen LogP contribution in [-0.2, 0) is 41.6 Å². The van der Waals surface area contributed by atoms with Crippen LogP contribution in [0.25, 0.3) is 0 Å². The largest absolute Gasteiger partial charge is 0.343 e. The van der Waals surface area contributed by atoms with Crippen molar-refractivity contribution in [3.8, 4) is 0 Å². The average molecular weight is 731 g/mol. The Morgan fingerprint density at radius 2 is 1.04 bits per heavy atom. The molecule has 2 aromatic rings. The maximum atomic E-state index is 14.4. The molecule has 53 heavy (non-hydrogen) atoms. The van der Waals surface area contributed by atoms with Gasteiger partial charge in [0.25, 0.3) is 0 Å². The summed E-state index contributed by atoms with van der Waals surface area (Å²) in [5, 5.41) is 14.5. The van der Waals surface area contributed by atoms with E-state index in [9.17, 15) is 28.8 Å². The molecule has 0 bridgehead atoms. The van der Waals surface area contributed by atoms with Gasteiger partial charge in [0.1, 0.15) is 36.3 Å². The Morgan fingerprint density at radius 1 is 0.585 bits per heavy atom. The molecule has 2 fully saturated rings. The normalized spacial score (nSPS) is 25.8. The monoisotopic (exact) mass is 730 g/mol. The summed E-state index contributed by atoms with van der Waals surface area (Å²) in [5.41, 5.74) is 1.61. The maximum Gasteiger partial charge on any atom is 0.246 e. The molecule has 4 rings (SSSR count). The molecule has 2 aromatic carbocycles. The number of nitrogens with one attached hydrogen (secondary N) is 5. The zero-order chi connectivity index (χ0) is 38.7. The van der Waals surface area contributed by atoms with E-state index in [0.717, 1.165) is 11.1 Å². The molecule has 288 valence electrons. The summed E-state index contributed by atoms with van der Waals surface area (Å²) in [7, 11) is 0. The summed E-state index contributed by atoms with van der Waals surface area (Å²) >= 11 is 0. The molecule has 2 saturated heterocycles. The molecule has 0 aliphatic carbocycles. The standard InChI is InChI=1S/C41H58N6O6/c1-7-27(6)35-40(52)44-30(21-25(2)3)36(48)45-33(24-29-17-12-9-13-18-29)41(53)47-20-14-19-34(47)39(51)43-32(23-28-15-10-8-11-16-28)37(49)42-31(22-26(4)5)38(50)46-35/h8-13,15-18,25-27,30-35H,7,14,19-24H2,1-6H3,(H,42,49)(H,43,51)(H,44,52)(H,45,48)(H,46,50). The fourth-order valence-electron chi connectivity index (χ4n) is 7.05. The van der Waals surface area contributed by atoms with Crippen molar-refractivity contribution in [3.05, 3.63) is 71.8 Å². The second-order valence-corrected chi connectivity index (χ2v) is 15.4. The first-order valence-electron chi connectivity index (χ1n) is 19.2. The van der Waals surface area contributed by atoms with Crippen LogP contribution in [0.1, 0.15) is 84.8 Å². The second-order valence-electron chi connectivity index (χ2n) is 15.4. The van der Waals surface area contributed by atoms with Gasteiger partial charge >= 0.3 is 0 Å². The van der Waals surface area contributed by atoms with Crippen molar-refractivity contribution in [2.45, 2.75) is 123 Å². The van der Waals surface area contributed by atoms with Gasteiger partial charge in [-0.15, -0.1) is 0 Å². The first-order chi connectivity index (χ1) is 25.3. The molecule has 12 nitrogen and oxygen atoms in total. The second kappa shape index (κ2) is 19.4. The van der Waals surface area contributed by atoms with Gasteiger partial charge in [0.05, 0.1) is 0 Å². The third-order valence-corrected chi connectivity index (χ3v) is 10.1. The molecule has 2 heterocycles. The molecular weight excluding hydrogens is 672 g/mol. The Bertz CT molecular complexity index is 1570. The van der Waals surface area contributed by atoms with Gasteiger partial charge in [-0.1, -0.05) is 109 Å². The van der Waals surface area contributed by atoms with Crippen molar-refractivity contribution >= 4 is 35.4 Å². The topological polar surface area (TPSA) is 166 Å². The van der Waals surface area contributed by atoms with E-state index in [0.29, 0.717) is 25.8 Å². The van der Waals surface area contributed by atoms with E-state index in [-0.39, 0.29) is 43.4 Å². The third kappa shape index (κ3) is 11.6. The zero-order valence-corrected chi connectivity index (χ0v) is 32.0. The molecule has 2 aliphatic heterocycles. The highest BCUT2D eigenvalue weighted by Crippen LogP contribution is 2.21. The van der Waals surface area contributed by atoms with E-state index >= 15 is 0 Å². The van der Waals surface area contributed by atoms with Crippen molar-refractivity contribution < 1.29 is 28.8 Å². The summed E-state index contributed by atoms with van der Waals surface area (Å²) in [6.45, 7) is 11.8. The van der Waals surface area contributed by atoms with Crippen LogP contribution >= 0.6 is 0 Å². The number of benzene rings is 2. The van der Waals surface area contributed by atoms with Crippen LogP contribution in [-0.4, -0.2) is 83.1 Å². The summed E-state index contributed by atoms with van der Waals surface area (Å²) in [6, 6.07) is 12.6. The predicted octanol–water partition coefficient (Wildman–Crippen LogP) is 3.04.